The van der Waals surface area contributed by atoms with Crippen molar-refractivity contribution in [3.05, 3.63) is 53.6 Å². The molecule has 11 heteroatoms. The molecule has 0 fully saturated rings. The molecule has 2 rings (SSSR count). The second kappa shape index (κ2) is 13.8. The molecular weight excluding hydrogens is 533 g/mol. The van der Waals surface area contributed by atoms with Crippen molar-refractivity contribution in [1.82, 2.24) is 10.6 Å². The molecule has 0 aromatic heterocycles. The van der Waals surface area contributed by atoms with Crippen LogP contribution in [0.25, 0.3) is 0 Å². The van der Waals surface area contributed by atoms with E-state index in [0.717, 1.165) is 5.56 Å². The summed E-state index contributed by atoms with van der Waals surface area (Å²) in [6, 6.07) is 11.2. The SMILES string of the molecule is CN=C(NCCc1ccc(OC)c(OC(F)F)c1)NCc1ccccc1OC(F)F.I. The van der Waals surface area contributed by atoms with E-state index >= 15 is 0 Å². The molecule has 172 valence electrons. The second-order valence-corrected chi connectivity index (χ2v) is 5.95. The molecule has 0 radical (unpaired) electrons. The van der Waals surface area contributed by atoms with Crippen LogP contribution < -0.4 is 24.8 Å². The summed E-state index contributed by atoms with van der Waals surface area (Å²) in [5.74, 6) is 0.706. The van der Waals surface area contributed by atoms with Crippen LogP contribution in [0.1, 0.15) is 11.1 Å². The Bertz CT molecular complexity index is 841. The van der Waals surface area contributed by atoms with Crippen LogP contribution in [0.5, 0.6) is 17.2 Å². The van der Waals surface area contributed by atoms with Gasteiger partial charge in [0.25, 0.3) is 0 Å². The lowest BCUT2D eigenvalue weighted by atomic mass is 10.1. The van der Waals surface area contributed by atoms with Gasteiger partial charge in [0.15, 0.2) is 17.5 Å². The summed E-state index contributed by atoms with van der Waals surface area (Å²) in [5, 5.41) is 6.08. The lowest BCUT2D eigenvalue weighted by molar-refractivity contribution is -0.0516. The van der Waals surface area contributed by atoms with Crippen molar-refractivity contribution in [3.63, 3.8) is 0 Å². The van der Waals surface area contributed by atoms with Crippen LogP contribution in [-0.2, 0) is 13.0 Å². The van der Waals surface area contributed by atoms with E-state index in [0.29, 0.717) is 24.5 Å². The van der Waals surface area contributed by atoms with E-state index in [-0.39, 0.29) is 47.8 Å². The van der Waals surface area contributed by atoms with Crippen molar-refractivity contribution in [1.29, 1.82) is 0 Å². The van der Waals surface area contributed by atoms with Gasteiger partial charge in [-0.1, -0.05) is 24.3 Å². The number of para-hydroxylation sites is 1. The van der Waals surface area contributed by atoms with E-state index in [1.807, 2.05) is 0 Å². The third kappa shape index (κ3) is 9.07. The molecule has 0 heterocycles. The summed E-state index contributed by atoms with van der Waals surface area (Å²) >= 11 is 0. The fourth-order valence-corrected chi connectivity index (χ4v) is 2.65. The van der Waals surface area contributed by atoms with Gasteiger partial charge >= 0.3 is 13.2 Å². The first-order valence-electron chi connectivity index (χ1n) is 9.02. The normalized spacial score (nSPS) is 11.2. The summed E-state index contributed by atoms with van der Waals surface area (Å²) in [7, 11) is 2.94. The van der Waals surface area contributed by atoms with E-state index in [4.69, 9.17) is 4.74 Å². The highest BCUT2D eigenvalue weighted by molar-refractivity contribution is 14.0. The van der Waals surface area contributed by atoms with Crippen LogP contribution in [0.15, 0.2) is 47.5 Å². The third-order valence-corrected chi connectivity index (χ3v) is 4.01. The van der Waals surface area contributed by atoms with Crippen LogP contribution in [0.4, 0.5) is 17.6 Å². The zero-order valence-corrected chi connectivity index (χ0v) is 19.2. The summed E-state index contributed by atoms with van der Waals surface area (Å²) in [6.07, 6.45) is 0.495. The molecule has 2 N–H and O–H groups in total. The first-order valence-corrected chi connectivity index (χ1v) is 9.02. The number of rotatable bonds is 10. The number of halogens is 5. The Morgan fingerprint density at radius 3 is 2.26 bits per heavy atom. The smallest absolute Gasteiger partial charge is 0.387 e. The Morgan fingerprint density at radius 2 is 1.61 bits per heavy atom. The van der Waals surface area contributed by atoms with Gasteiger partial charge in [0.2, 0.25) is 0 Å². The average molecular weight is 557 g/mol. The van der Waals surface area contributed by atoms with Crippen LogP contribution in [0, 0.1) is 0 Å². The van der Waals surface area contributed by atoms with E-state index in [1.54, 1.807) is 37.4 Å². The monoisotopic (exact) mass is 557 g/mol. The molecule has 0 bridgehead atoms. The maximum atomic E-state index is 12.5. The highest BCUT2D eigenvalue weighted by atomic mass is 127. The Morgan fingerprint density at radius 1 is 0.935 bits per heavy atom. The van der Waals surface area contributed by atoms with Gasteiger partial charge in [-0.3, -0.25) is 4.99 Å². The van der Waals surface area contributed by atoms with Crippen molar-refractivity contribution in [2.24, 2.45) is 4.99 Å². The Kier molecular flexibility index (Phi) is 11.8. The first kappa shape index (κ1) is 26.6. The van der Waals surface area contributed by atoms with Crippen molar-refractivity contribution in [3.8, 4) is 17.2 Å². The van der Waals surface area contributed by atoms with Crippen LogP contribution in [0.3, 0.4) is 0 Å². The van der Waals surface area contributed by atoms with Gasteiger partial charge in [-0.15, -0.1) is 24.0 Å². The summed E-state index contributed by atoms with van der Waals surface area (Å²) in [4.78, 5) is 4.07. The molecule has 0 unspecified atom stereocenters. The lowest BCUT2D eigenvalue weighted by Gasteiger charge is -2.15. The molecule has 6 nitrogen and oxygen atoms in total. The number of aliphatic imine (C=N–C) groups is 1. The minimum atomic E-state index is -2.95. The first-order chi connectivity index (χ1) is 14.4. The Balaban J connectivity index is 0.00000480. The Labute approximate surface area is 195 Å². The molecule has 0 atom stereocenters. The van der Waals surface area contributed by atoms with Gasteiger partial charge < -0.3 is 24.8 Å². The zero-order valence-electron chi connectivity index (χ0n) is 16.9. The maximum absolute atomic E-state index is 12.5. The number of hydrogen-bond donors (Lipinski definition) is 2. The predicted molar refractivity (Wildman–Crippen MR) is 120 cm³/mol. The quantitative estimate of drug-likeness (QED) is 0.196. The van der Waals surface area contributed by atoms with Crippen molar-refractivity contribution in [2.45, 2.75) is 26.2 Å². The number of benzene rings is 2. The van der Waals surface area contributed by atoms with Crippen LogP contribution in [0.2, 0.25) is 0 Å². The molecule has 0 amide bonds. The van der Waals surface area contributed by atoms with E-state index < -0.39 is 13.2 Å². The predicted octanol–water partition coefficient (Wildman–Crippen LogP) is 4.42. The van der Waals surface area contributed by atoms with Gasteiger partial charge in [0.1, 0.15) is 5.75 Å². The molecule has 0 aliphatic carbocycles. The second-order valence-electron chi connectivity index (χ2n) is 5.95. The number of nitrogens with zero attached hydrogens (tertiary/aromatic N) is 1. The molecule has 2 aromatic carbocycles. The molecule has 0 aliphatic heterocycles. The highest BCUT2D eigenvalue weighted by Crippen LogP contribution is 2.29. The molecule has 0 saturated carbocycles. The number of guanidine groups is 1. The summed E-state index contributed by atoms with van der Waals surface area (Å²) in [5.41, 5.74) is 1.30. The standard InChI is InChI=1S/C20H23F4N3O3.HI/c1-25-20(27-12-14-5-3-4-6-15(14)29-18(21)22)26-10-9-13-7-8-16(28-2)17(11-13)30-19(23)24;/h3-8,11,18-19H,9-10,12H2,1-2H3,(H2,25,26,27);1H. The zero-order chi connectivity index (χ0) is 21.9. The largest absolute Gasteiger partial charge is 0.493 e. The van der Waals surface area contributed by atoms with E-state index in [9.17, 15) is 17.6 Å². The fraction of sp³-hybridized carbons (Fsp3) is 0.350. The van der Waals surface area contributed by atoms with Gasteiger partial charge in [-0.05, 0) is 30.2 Å². The number of alkyl halides is 4. The van der Waals surface area contributed by atoms with Gasteiger partial charge in [0, 0.05) is 25.7 Å². The topological polar surface area (TPSA) is 64.1 Å². The molecule has 0 spiro atoms. The van der Waals surface area contributed by atoms with Gasteiger partial charge in [0.05, 0.1) is 7.11 Å². The lowest BCUT2D eigenvalue weighted by Crippen LogP contribution is -2.38. The fourth-order valence-electron chi connectivity index (χ4n) is 2.65. The number of methoxy groups -OCH3 is 1. The summed E-state index contributed by atoms with van der Waals surface area (Å²) < 4.78 is 64.0. The Hall–Kier alpha value is -2.44. The van der Waals surface area contributed by atoms with Crippen molar-refractivity contribution >= 4 is 29.9 Å². The van der Waals surface area contributed by atoms with Gasteiger partial charge in [-0.25, -0.2) is 0 Å². The highest BCUT2D eigenvalue weighted by Gasteiger charge is 2.12. The van der Waals surface area contributed by atoms with Gasteiger partial charge in [-0.2, -0.15) is 17.6 Å². The molecular formula is C20H24F4IN3O3. The van der Waals surface area contributed by atoms with E-state index in [2.05, 4.69) is 25.1 Å². The van der Waals surface area contributed by atoms with E-state index in [1.165, 1.54) is 19.2 Å². The summed E-state index contributed by atoms with van der Waals surface area (Å²) in [6.45, 7) is -5.20. The number of hydrogen-bond acceptors (Lipinski definition) is 4. The van der Waals surface area contributed by atoms with Crippen LogP contribution in [-0.4, -0.2) is 39.9 Å². The molecule has 0 aliphatic rings. The third-order valence-electron chi connectivity index (χ3n) is 4.01. The molecule has 0 saturated heterocycles. The maximum Gasteiger partial charge on any atom is 0.387 e. The minimum absolute atomic E-state index is 0. The van der Waals surface area contributed by atoms with Crippen molar-refractivity contribution < 1.29 is 31.8 Å². The number of ether oxygens (including phenoxy) is 3. The average Bonchev–Trinajstić information content (AvgIpc) is 2.71. The molecule has 31 heavy (non-hydrogen) atoms. The molecule has 2 aromatic rings. The van der Waals surface area contributed by atoms with Crippen LogP contribution >= 0.6 is 24.0 Å². The number of nitrogens with one attached hydrogen (secondary N) is 2. The van der Waals surface area contributed by atoms with Crippen molar-refractivity contribution in [2.75, 3.05) is 20.7 Å². The minimum Gasteiger partial charge on any atom is -0.493 e.